The summed E-state index contributed by atoms with van der Waals surface area (Å²) in [5.74, 6) is -0.452. The van der Waals surface area contributed by atoms with Gasteiger partial charge in [0, 0.05) is 17.0 Å². The summed E-state index contributed by atoms with van der Waals surface area (Å²) in [5.41, 5.74) is 1.74. The minimum Gasteiger partial charge on any atom is -0.437 e. The summed E-state index contributed by atoms with van der Waals surface area (Å²) in [7, 11) is 0. The van der Waals surface area contributed by atoms with Gasteiger partial charge in [0.25, 0.3) is 0 Å². The number of halogens is 1. The number of ether oxygens (including phenoxy) is 1. The summed E-state index contributed by atoms with van der Waals surface area (Å²) >= 11 is 3.37. The van der Waals surface area contributed by atoms with Crippen LogP contribution in [0.5, 0.6) is 0 Å². The second kappa shape index (κ2) is 5.81. The molecule has 6 heteroatoms. The summed E-state index contributed by atoms with van der Waals surface area (Å²) in [6.07, 6.45) is -0.805. The van der Waals surface area contributed by atoms with Crippen molar-refractivity contribution in [3.63, 3.8) is 0 Å². The third-order valence-electron chi connectivity index (χ3n) is 3.28. The SMILES string of the molecule is CC(=O)OC(c1ccccc1)n1c(=O)[nH]c2cc(Br)ccc21. The molecule has 0 saturated carbocycles. The van der Waals surface area contributed by atoms with E-state index in [0.29, 0.717) is 11.0 Å². The molecule has 1 atom stereocenters. The molecule has 5 nitrogen and oxygen atoms in total. The van der Waals surface area contributed by atoms with Gasteiger partial charge >= 0.3 is 11.7 Å². The number of carbonyl (C=O) groups excluding carboxylic acids is 1. The number of hydrogen-bond donors (Lipinski definition) is 1. The fourth-order valence-electron chi connectivity index (χ4n) is 2.38. The van der Waals surface area contributed by atoms with Crippen LogP contribution in [0.4, 0.5) is 0 Å². The zero-order valence-corrected chi connectivity index (χ0v) is 13.3. The van der Waals surface area contributed by atoms with Crippen LogP contribution < -0.4 is 5.69 Å². The van der Waals surface area contributed by atoms with Crippen LogP contribution in [0.15, 0.2) is 57.8 Å². The number of nitrogens with zero attached hydrogens (tertiary/aromatic N) is 1. The van der Waals surface area contributed by atoms with Gasteiger partial charge in [-0.05, 0) is 18.2 Å². The minimum absolute atomic E-state index is 0.330. The highest BCUT2D eigenvalue weighted by Crippen LogP contribution is 2.24. The lowest BCUT2D eigenvalue weighted by atomic mass is 10.2. The van der Waals surface area contributed by atoms with Gasteiger partial charge in [-0.25, -0.2) is 4.79 Å². The minimum atomic E-state index is -0.805. The average molecular weight is 361 g/mol. The Hall–Kier alpha value is -2.34. The quantitative estimate of drug-likeness (QED) is 0.729. The van der Waals surface area contributed by atoms with Gasteiger partial charge in [-0.15, -0.1) is 0 Å². The van der Waals surface area contributed by atoms with Gasteiger partial charge in [0.2, 0.25) is 6.23 Å². The number of carbonyl (C=O) groups is 1. The van der Waals surface area contributed by atoms with Crippen LogP contribution in [0.2, 0.25) is 0 Å². The van der Waals surface area contributed by atoms with E-state index in [2.05, 4.69) is 20.9 Å². The van der Waals surface area contributed by atoms with Gasteiger partial charge in [-0.1, -0.05) is 46.3 Å². The lowest BCUT2D eigenvalue weighted by molar-refractivity contribution is -0.148. The monoisotopic (exact) mass is 360 g/mol. The predicted octanol–water partition coefficient (Wildman–Crippen LogP) is 3.20. The summed E-state index contributed by atoms with van der Waals surface area (Å²) in [6, 6.07) is 14.6. The Morgan fingerprint density at radius 2 is 1.95 bits per heavy atom. The first-order chi connectivity index (χ1) is 10.6. The number of nitrogens with one attached hydrogen (secondary N) is 1. The van der Waals surface area contributed by atoms with E-state index >= 15 is 0 Å². The first kappa shape index (κ1) is 14.6. The van der Waals surface area contributed by atoms with Gasteiger partial charge < -0.3 is 9.72 Å². The highest BCUT2D eigenvalue weighted by Gasteiger charge is 2.21. The molecule has 3 rings (SSSR count). The second-order valence-electron chi connectivity index (χ2n) is 4.83. The fourth-order valence-corrected chi connectivity index (χ4v) is 2.74. The number of aromatic nitrogens is 2. The Bertz CT molecular complexity index is 883. The Labute approximate surface area is 134 Å². The van der Waals surface area contributed by atoms with Crippen LogP contribution in [0.25, 0.3) is 11.0 Å². The Morgan fingerprint density at radius 1 is 1.23 bits per heavy atom. The number of fused-ring (bicyclic) bond motifs is 1. The van der Waals surface area contributed by atoms with Crippen molar-refractivity contribution in [2.45, 2.75) is 13.2 Å². The standard InChI is InChI=1S/C16H13BrN2O3/c1-10(20)22-15(11-5-3-2-4-6-11)19-14-8-7-12(17)9-13(14)18-16(19)21/h2-9,15H,1H3,(H,18,21). The largest absolute Gasteiger partial charge is 0.437 e. The molecular formula is C16H13BrN2O3. The van der Waals surface area contributed by atoms with Crippen molar-refractivity contribution >= 4 is 32.9 Å². The lowest BCUT2D eigenvalue weighted by Crippen LogP contribution is -2.26. The second-order valence-corrected chi connectivity index (χ2v) is 5.75. The molecular weight excluding hydrogens is 348 g/mol. The molecule has 112 valence electrons. The van der Waals surface area contributed by atoms with Crippen LogP contribution in [-0.2, 0) is 9.53 Å². The number of H-pyrrole nitrogens is 1. The molecule has 0 aliphatic heterocycles. The highest BCUT2D eigenvalue weighted by atomic mass is 79.9. The maximum absolute atomic E-state index is 12.3. The van der Waals surface area contributed by atoms with Crippen molar-refractivity contribution in [2.75, 3.05) is 0 Å². The molecule has 1 aromatic heterocycles. The van der Waals surface area contributed by atoms with Gasteiger partial charge in [0.1, 0.15) is 0 Å². The molecule has 3 aromatic rings. The van der Waals surface area contributed by atoms with Crippen LogP contribution >= 0.6 is 15.9 Å². The van der Waals surface area contributed by atoms with E-state index in [1.54, 1.807) is 6.07 Å². The highest BCUT2D eigenvalue weighted by molar-refractivity contribution is 9.10. The Kier molecular flexibility index (Phi) is 3.85. The van der Waals surface area contributed by atoms with Gasteiger partial charge in [0.15, 0.2) is 0 Å². The smallest absolute Gasteiger partial charge is 0.329 e. The molecule has 1 unspecified atom stereocenters. The average Bonchev–Trinajstić information content (AvgIpc) is 2.80. The predicted molar refractivity (Wildman–Crippen MR) is 86.6 cm³/mol. The summed E-state index contributed by atoms with van der Waals surface area (Å²) in [5, 5.41) is 0. The zero-order chi connectivity index (χ0) is 15.7. The van der Waals surface area contributed by atoms with Crippen molar-refractivity contribution in [1.82, 2.24) is 9.55 Å². The van der Waals surface area contributed by atoms with Crippen molar-refractivity contribution in [3.05, 3.63) is 69.1 Å². The van der Waals surface area contributed by atoms with Crippen molar-refractivity contribution in [2.24, 2.45) is 0 Å². The third kappa shape index (κ3) is 2.69. The molecule has 0 amide bonds. The first-order valence-corrected chi connectivity index (χ1v) is 7.47. The lowest BCUT2D eigenvalue weighted by Gasteiger charge is -2.18. The third-order valence-corrected chi connectivity index (χ3v) is 3.77. The Morgan fingerprint density at radius 3 is 2.64 bits per heavy atom. The van der Waals surface area contributed by atoms with E-state index in [9.17, 15) is 9.59 Å². The molecule has 0 aliphatic carbocycles. The van der Waals surface area contributed by atoms with Crippen molar-refractivity contribution in [1.29, 1.82) is 0 Å². The summed E-state index contributed by atoms with van der Waals surface area (Å²) in [4.78, 5) is 26.6. The number of esters is 1. The van der Waals surface area contributed by atoms with E-state index in [4.69, 9.17) is 4.74 Å². The fraction of sp³-hybridized carbons (Fsp3) is 0.125. The number of rotatable bonds is 3. The van der Waals surface area contributed by atoms with E-state index in [1.807, 2.05) is 42.5 Å². The van der Waals surface area contributed by atoms with E-state index < -0.39 is 12.2 Å². The molecule has 0 spiro atoms. The van der Waals surface area contributed by atoms with Gasteiger partial charge in [0.05, 0.1) is 11.0 Å². The molecule has 22 heavy (non-hydrogen) atoms. The molecule has 1 N–H and O–H groups in total. The number of benzene rings is 2. The van der Waals surface area contributed by atoms with Gasteiger partial charge in [-0.3, -0.25) is 9.36 Å². The molecule has 0 saturated heterocycles. The molecule has 2 aromatic carbocycles. The van der Waals surface area contributed by atoms with Crippen molar-refractivity contribution in [3.8, 4) is 0 Å². The number of imidazole rings is 1. The zero-order valence-electron chi connectivity index (χ0n) is 11.7. The molecule has 0 bridgehead atoms. The Balaban J connectivity index is 2.22. The number of aromatic amines is 1. The summed E-state index contributed by atoms with van der Waals surface area (Å²) < 4.78 is 7.69. The van der Waals surface area contributed by atoms with Gasteiger partial charge in [-0.2, -0.15) is 0 Å². The van der Waals surface area contributed by atoms with Crippen LogP contribution in [0.3, 0.4) is 0 Å². The van der Waals surface area contributed by atoms with Crippen LogP contribution in [0.1, 0.15) is 18.7 Å². The van der Waals surface area contributed by atoms with E-state index in [1.165, 1.54) is 11.5 Å². The first-order valence-electron chi connectivity index (χ1n) is 6.68. The van der Waals surface area contributed by atoms with Crippen LogP contribution in [0, 0.1) is 0 Å². The van der Waals surface area contributed by atoms with E-state index in [0.717, 1.165) is 10.0 Å². The van der Waals surface area contributed by atoms with Crippen molar-refractivity contribution < 1.29 is 9.53 Å². The van der Waals surface area contributed by atoms with E-state index in [-0.39, 0.29) is 5.69 Å². The molecule has 0 aliphatic rings. The molecule has 0 radical (unpaired) electrons. The number of hydrogen-bond acceptors (Lipinski definition) is 3. The molecule has 0 fully saturated rings. The topological polar surface area (TPSA) is 64.1 Å². The normalized spacial score (nSPS) is 12.3. The maximum Gasteiger partial charge on any atom is 0.329 e. The maximum atomic E-state index is 12.3. The van der Waals surface area contributed by atoms with Crippen LogP contribution in [-0.4, -0.2) is 15.5 Å². The summed E-state index contributed by atoms with van der Waals surface area (Å²) in [6.45, 7) is 1.33. The molecule has 1 heterocycles.